The Morgan fingerprint density at radius 2 is 2.11 bits per heavy atom. The molecule has 0 bridgehead atoms. The molecule has 0 aliphatic rings. The number of nitrogens with one attached hydrogen (secondary N) is 1. The van der Waals surface area contributed by atoms with Gasteiger partial charge in [-0.15, -0.1) is 0 Å². The van der Waals surface area contributed by atoms with Crippen molar-refractivity contribution in [2.75, 3.05) is 30.7 Å². The highest BCUT2D eigenvalue weighted by atomic mass is 19.1. The lowest BCUT2D eigenvalue weighted by atomic mass is 10.2. The smallest absolute Gasteiger partial charge is 0.225 e. The Balaban J connectivity index is 2.44. The molecule has 0 aliphatic heterocycles. The van der Waals surface area contributed by atoms with Crippen molar-refractivity contribution < 1.29 is 9.18 Å². The standard InChI is InChI=1S/C14H22FN3O/c1-3-8-18(4-2)9-7-14(19)17-11-5-6-12(15)13(16)10-11/h5-6,10H,3-4,7-9,16H2,1-2H3,(H,17,19). The number of benzene rings is 1. The molecule has 0 radical (unpaired) electrons. The Morgan fingerprint density at radius 3 is 2.68 bits per heavy atom. The fourth-order valence-electron chi connectivity index (χ4n) is 1.85. The summed E-state index contributed by atoms with van der Waals surface area (Å²) in [5.74, 6) is -0.557. The van der Waals surface area contributed by atoms with Crippen molar-refractivity contribution in [3.8, 4) is 0 Å². The first kappa shape index (κ1) is 15.4. The van der Waals surface area contributed by atoms with E-state index in [1.807, 2.05) is 0 Å². The molecule has 3 N–H and O–H groups in total. The van der Waals surface area contributed by atoms with Crippen LogP contribution < -0.4 is 11.1 Å². The molecule has 106 valence electrons. The summed E-state index contributed by atoms with van der Waals surface area (Å²) in [6.45, 7) is 6.85. The topological polar surface area (TPSA) is 58.4 Å². The summed E-state index contributed by atoms with van der Waals surface area (Å²) < 4.78 is 13.0. The number of nitrogen functional groups attached to an aromatic ring is 1. The van der Waals surface area contributed by atoms with Crippen molar-refractivity contribution in [3.05, 3.63) is 24.0 Å². The third-order valence-electron chi connectivity index (χ3n) is 2.92. The molecule has 0 fully saturated rings. The van der Waals surface area contributed by atoms with E-state index in [0.717, 1.165) is 26.1 Å². The van der Waals surface area contributed by atoms with Gasteiger partial charge in [0.25, 0.3) is 0 Å². The van der Waals surface area contributed by atoms with Crippen LogP contribution in [-0.2, 0) is 4.79 Å². The molecule has 1 amide bonds. The van der Waals surface area contributed by atoms with E-state index in [9.17, 15) is 9.18 Å². The van der Waals surface area contributed by atoms with Gasteiger partial charge in [0.15, 0.2) is 0 Å². The second-order valence-corrected chi connectivity index (χ2v) is 4.47. The monoisotopic (exact) mass is 267 g/mol. The van der Waals surface area contributed by atoms with Crippen molar-refractivity contribution in [2.24, 2.45) is 0 Å². The quantitative estimate of drug-likeness (QED) is 0.746. The molecule has 0 saturated carbocycles. The maximum Gasteiger partial charge on any atom is 0.225 e. The van der Waals surface area contributed by atoms with Crippen LogP contribution in [0.15, 0.2) is 18.2 Å². The molecule has 0 aliphatic carbocycles. The highest BCUT2D eigenvalue weighted by Gasteiger charge is 2.07. The van der Waals surface area contributed by atoms with Gasteiger partial charge < -0.3 is 16.0 Å². The number of hydrogen-bond donors (Lipinski definition) is 2. The van der Waals surface area contributed by atoms with Gasteiger partial charge in [0, 0.05) is 18.7 Å². The minimum Gasteiger partial charge on any atom is -0.396 e. The molecule has 0 atom stereocenters. The van der Waals surface area contributed by atoms with E-state index < -0.39 is 5.82 Å². The van der Waals surface area contributed by atoms with E-state index in [-0.39, 0.29) is 11.6 Å². The maximum absolute atomic E-state index is 13.0. The lowest BCUT2D eigenvalue weighted by molar-refractivity contribution is -0.116. The molecule has 1 rings (SSSR count). The van der Waals surface area contributed by atoms with Gasteiger partial charge in [0.05, 0.1) is 5.69 Å². The van der Waals surface area contributed by atoms with E-state index in [1.165, 1.54) is 18.2 Å². The predicted molar refractivity (Wildman–Crippen MR) is 76.5 cm³/mol. The van der Waals surface area contributed by atoms with Gasteiger partial charge >= 0.3 is 0 Å². The van der Waals surface area contributed by atoms with Crippen LogP contribution in [0.1, 0.15) is 26.7 Å². The molecule has 5 heteroatoms. The Bertz CT molecular complexity index is 423. The average molecular weight is 267 g/mol. The van der Waals surface area contributed by atoms with Gasteiger partial charge in [-0.3, -0.25) is 4.79 Å². The molecule has 0 unspecified atom stereocenters. The first-order valence-electron chi connectivity index (χ1n) is 6.64. The second kappa shape index (κ2) is 7.74. The number of halogens is 1. The summed E-state index contributed by atoms with van der Waals surface area (Å²) in [5.41, 5.74) is 6.02. The highest BCUT2D eigenvalue weighted by molar-refractivity contribution is 5.91. The number of hydrogen-bond acceptors (Lipinski definition) is 3. The summed E-state index contributed by atoms with van der Waals surface area (Å²) >= 11 is 0. The van der Waals surface area contributed by atoms with E-state index in [1.54, 1.807) is 0 Å². The van der Waals surface area contributed by atoms with Crippen LogP contribution in [0.2, 0.25) is 0 Å². The molecule has 0 heterocycles. The molecular formula is C14H22FN3O. The van der Waals surface area contributed by atoms with Crippen molar-refractivity contribution in [1.82, 2.24) is 4.90 Å². The first-order valence-corrected chi connectivity index (χ1v) is 6.64. The Hall–Kier alpha value is -1.62. The zero-order valence-corrected chi connectivity index (χ0v) is 11.6. The molecule has 19 heavy (non-hydrogen) atoms. The zero-order chi connectivity index (χ0) is 14.3. The normalized spacial score (nSPS) is 10.7. The minimum atomic E-state index is -0.474. The molecule has 0 aromatic heterocycles. The van der Waals surface area contributed by atoms with E-state index >= 15 is 0 Å². The number of carbonyl (C=O) groups is 1. The largest absolute Gasteiger partial charge is 0.396 e. The van der Waals surface area contributed by atoms with Crippen LogP contribution in [0.3, 0.4) is 0 Å². The molecule has 0 spiro atoms. The predicted octanol–water partition coefficient (Wildman–Crippen LogP) is 2.47. The number of rotatable bonds is 7. The summed E-state index contributed by atoms with van der Waals surface area (Å²) in [7, 11) is 0. The lowest BCUT2D eigenvalue weighted by Crippen LogP contribution is -2.28. The van der Waals surface area contributed by atoms with Crippen LogP contribution in [0.25, 0.3) is 0 Å². The fraction of sp³-hybridized carbons (Fsp3) is 0.500. The maximum atomic E-state index is 13.0. The average Bonchev–Trinajstić information content (AvgIpc) is 2.39. The summed E-state index contributed by atoms with van der Waals surface area (Å²) in [6, 6.07) is 4.18. The van der Waals surface area contributed by atoms with Gasteiger partial charge in [-0.25, -0.2) is 4.39 Å². The van der Waals surface area contributed by atoms with Crippen molar-refractivity contribution in [3.63, 3.8) is 0 Å². The van der Waals surface area contributed by atoms with Crippen LogP contribution >= 0.6 is 0 Å². The molecule has 1 aromatic rings. The first-order chi connectivity index (χ1) is 9.06. The van der Waals surface area contributed by atoms with E-state index in [2.05, 4.69) is 24.1 Å². The molecule has 4 nitrogen and oxygen atoms in total. The Labute approximate surface area is 113 Å². The lowest BCUT2D eigenvalue weighted by Gasteiger charge is -2.18. The molecule has 1 aromatic carbocycles. The fourth-order valence-corrected chi connectivity index (χ4v) is 1.85. The Morgan fingerprint density at radius 1 is 1.37 bits per heavy atom. The molecular weight excluding hydrogens is 245 g/mol. The van der Waals surface area contributed by atoms with Gasteiger partial charge in [0.1, 0.15) is 5.82 Å². The number of nitrogens with two attached hydrogens (primary N) is 1. The van der Waals surface area contributed by atoms with Crippen LogP contribution in [0.5, 0.6) is 0 Å². The third-order valence-corrected chi connectivity index (χ3v) is 2.92. The van der Waals surface area contributed by atoms with Crippen LogP contribution in [-0.4, -0.2) is 30.4 Å². The van der Waals surface area contributed by atoms with Gasteiger partial charge in [-0.1, -0.05) is 13.8 Å². The minimum absolute atomic E-state index is 0.0407. The van der Waals surface area contributed by atoms with Crippen LogP contribution in [0.4, 0.5) is 15.8 Å². The summed E-state index contributed by atoms with van der Waals surface area (Å²) in [5, 5.41) is 2.72. The van der Waals surface area contributed by atoms with Crippen molar-refractivity contribution >= 4 is 17.3 Å². The Kier molecular flexibility index (Phi) is 6.29. The van der Waals surface area contributed by atoms with Gasteiger partial charge in [-0.05, 0) is 37.7 Å². The van der Waals surface area contributed by atoms with Crippen molar-refractivity contribution in [1.29, 1.82) is 0 Å². The molecule has 0 saturated heterocycles. The summed E-state index contributed by atoms with van der Waals surface area (Å²) in [4.78, 5) is 14.0. The van der Waals surface area contributed by atoms with E-state index in [4.69, 9.17) is 5.73 Å². The summed E-state index contributed by atoms with van der Waals surface area (Å²) in [6.07, 6.45) is 1.50. The van der Waals surface area contributed by atoms with Gasteiger partial charge in [-0.2, -0.15) is 0 Å². The van der Waals surface area contributed by atoms with Crippen LogP contribution in [0, 0.1) is 5.82 Å². The van der Waals surface area contributed by atoms with Crippen molar-refractivity contribution in [2.45, 2.75) is 26.7 Å². The number of amides is 1. The third kappa shape index (κ3) is 5.26. The highest BCUT2D eigenvalue weighted by Crippen LogP contribution is 2.16. The SMILES string of the molecule is CCCN(CC)CCC(=O)Nc1ccc(F)c(N)c1. The van der Waals surface area contributed by atoms with E-state index in [0.29, 0.717) is 12.1 Å². The van der Waals surface area contributed by atoms with Gasteiger partial charge in [0.2, 0.25) is 5.91 Å². The second-order valence-electron chi connectivity index (χ2n) is 4.47. The number of anilines is 2. The number of nitrogens with zero attached hydrogens (tertiary/aromatic N) is 1. The number of carbonyl (C=O) groups excluding carboxylic acids is 1. The zero-order valence-electron chi connectivity index (χ0n) is 11.6.